The van der Waals surface area contributed by atoms with Gasteiger partial charge in [-0.3, -0.25) is 4.79 Å². The smallest absolute Gasteiger partial charge is 0.244 e. The van der Waals surface area contributed by atoms with Gasteiger partial charge in [-0.2, -0.15) is 4.57 Å². The van der Waals surface area contributed by atoms with Crippen LogP contribution >= 0.6 is 11.3 Å². The third-order valence-corrected chi connectivity index (χ3v) is 4.13. The van der Waals surface area contributed by atoms with Gasteiger partial charge in [0.1, 0.15) is 0 Å². The second kappa shape index (κ2) is 7.24. The molecule has 5 heteroatoms. The van der Waals surface area contributed by atoms with Gasteiger partial charge in [0.15, 0.2) is 12.4 Å². The quantitative estimate of drug-likeness (QED) is 0.205. The minimum Gasteiger partial charge on any atom is -0.758 e. The largest absolute Gasteiger partial charge is 0.758 e. The van der Waals surface area contributed by atoms with Crippen LogP contribution in [0.3, 0.4) is 0 Å². The number of pyridine rings is 1. The van der Waals surface area contributed by atoms with Gasteiger partial charge in [0.25, 0.3) is 0 Å². The molecule has 0 radical (unpaired) electrons. The highest BCUT2D eigenvalue weighted by molar-refractivity contribution is 7.77. The molecule has 1 atom stereocenters. The van der Waals surface area contributed by atoms with Gasteiger partial charge in [0.2, 0.25) is 11.8 Å². The maximum absolute atomic E-state index is 12.7. The monoisotopic (exact) mass is 316 g/mol. The molecule has 2 rings (SSSR count). The summed E-state index contributed by atoms with van der Waals surface area (Å²) in [7, 11) is 0. The highest BCUT2D eigenvalue weighted by Crippen LogP contribution is 2.16. The number of aliphatic imine (C=N–C) groups is 1. The lowest BCUT2D eigenvalue weighted by molar-refractivity contribution is -0.692. The Kier molecular flexibility index (Phi) is 5.36. The summed E-state index contributed by atoms with van der Waals surface area (Å²) < 4.78 is 1.83. The van der Waals surface area contributed by atoms with Crippen molar-refractivity contribution in [3.63, 3.8) is 0 Å². The molecule has 0 aliphatic carbocycles. The summed E-state index contributed by atoms with van der Waals surface area (Å²) in [4.78, 5) is 17.7. The number of Topliss-reactive ketones (excluding diaryl/α,β-unsaturated/α-hetero) is 1. The number of aryl methyl sites for hydroxylation is 1. The van der Waals surface area contributed by atoms with Gasteiger partial charge in [-0.05, 0) is 29.5 Å². The number of nitrogens with zero attached hydrogens (tertiary/aromatic N) is 2. The van der Waals surface area contributed by atoms with Crippen LogP contribution in [0.1, 0.15) is 21.3 Å². The lowest BCUT2D eigenvalue weighted by atomic mass is 10.1. The Hall–Kier alpha value is -1.85. The average molecular weight is 316 g/mol. The predicted molar refractivity (Wildman–Crippen MR) is 88.9 cm³/mol. The molecule has 0 aliphatic rings. The van der Waals surface area contributed by atoms with Gasteiger partial charge >= 0.3 is 0 Å². The molecule has 108 valence electrons. The van der Waals surface area contributed by atoms with E-state index in [-0.39, 0.29) is 5.78 Å². The molecular formula is C16H16N2OS2. The van der Waals surface area contributed by atoms with E-state index < -0.39 is 6.04 Å². The number of carbonyl (C=O) groups is 1. The molecule has 0 N–H and O–H groups in total. The first-order chi connectivity index (χ1) is 10.1. The fraction of sp³-hybridized carbons (Fsp3) is 0.188. The maximum atomic E-state index is 12.7. The first-order valence-corrected chi connectivity index (χ1v) is 7.79. The zero-order valence-electron chi connectivity index (χ0n) is 11.7. The van der Waals surface area contributed by atoms with E-state index in [1.165, 1.54) is 11.3 Å². The van der Waals surface area contributed by atoms with Crippen molar-refractivity contribution < 1.29 is 9.36 Å². The first kappa shape index (κ1) is 15.5. The zero-order chi connectivity index (χ0) is 15.2. The predicted octanol–water partition coefficient (Wildman–Crippen LogP) is 2.90. The number of thiophene rings is 1. The van der Waals surface area contributed by atoms with Crippen LogP contribution in [0.4, 0.5) is 0 Å². The van der Waals surface area contributed by atoms with Crippen LogP contribution in [0.5, 0.6) is 0 Å². The van der Waals surface area contributed by atoms with Gasteiger partial charge in [0, 0.05) is 11.6 Å². The standard InChI is InChI=1S/C16H16N2OS2/c1-3-8-17-16(20)14(15(19)13-7-5-10-21-13)18-9-4-6-12(2)11-18/h3-7,9-11,14H,1,8H2,2H3/t14-/m1/s1. The normalized spacial score (nSPS) is 12.9. The van der Waals surface area contributed by atoms with E-state index in [1.54, 1.807) is 6.08 Å². The van der Waals surface area contributed by atoms with E-state index in [2.05, 4.69) is 11.6 Å². The maximum Gasteiger partial charge on any atom is 0.244 e. The number of carbonyl (C=O) groups excluding carboxylic acids is 1. The first-order valence-electron chi connectivity index (χ1n) is 6.51. The second-order valence-corrected chi connectivity index (χ2v) is 5.91. The van der Waals surface area contributed by atoms with Crippen LogP contribution in [-0.4, -0.2) is 17.4 Å². The highest BCUT2D eigenvalue weighted by Gasteiger charge is 2.28. The van der Waals surface area contributed by atoms with Gasteiger partial charge in [-0.1, -0.05) is 12.1 Å². The van der Waals surface area contributed by atoms with E-state index >= 15 is 0 Å². The average Bonchev–Trinajstić information content (AvgIpc) is 2.99. The minimum atomic E-state index is -0.585. The Morgan fingerprint density at radius 2 is 2.33 bits per heavy atom. The van der Waals surface area contributed by atoms with E-state index in [9.17, 15) is 4.79 Å². The van der Waals surface area contributed by atoms with E-state index in [1.807, 2.05) is 53.5 Å². The molecule has 0 saturated carbocycles. The Labute approximate surface area is 134 Å². The number of aromatic nitrogens is 1. The fourth-order valence-corrected chi connectivity index (χ4v) is 2.94. The van der Waals surface area contributed by atoms with Crippen LogP contribution < -0.4 is 4.57 Å². The molecule has 0 unspecified atom stereocenters. The number of hydrogen-bond donors (Lipinski definition) is 0. The van der Waals surface area contributed by atoms with Crippen molar-refractivity contribution in [2.24, 2.45) is 4.99 Å². The SMILES string of the molecule is C=CCN=C([S-])[C@@H](C(=O)c1cccs1)[n+]1cccc(C)c1. The lowest BCUT2D eigenvalue weighted by Gasteiger charge is -2.18. The topological polar surface area (TPSA) is 33.3 Å². The lowest BCUT2D eigenvalue weighted by Crippen LogP contribution is -2.47. The van der Waals surface area contributed by atoms with Crippen LogP contribution in [0.2, 0.25) is 0 Å². The van der Waals surface area contributed by atoms with Gasteiger partial charge in [0.05, 0.1) is 11.4 Å². The van der Waals surface area contributed by atoms with Crippen molar-refractivity contribution >= 4 is 34.8 Å². The van der Waals surface area contributed by atoms with Crippen LogP contribution in [0.25, 0.3) is 0 Å². The second-order valence-electron chi connectivity index (χ2n) is 4.54. The van der Waals surface area contributed by atoms with Crippen LogP contribution in [-0.2, 0) is 12.6 Å². The molecule has 0 saturated heterocycles. The van der Waals surface area contributed by atoms with E-state index in [0.29, 0.717) is 16.5 Å². The van der Waals surface area contributed by atoms with Crippen molar-refractivity contribution in [3.8, 4) is 0 Å². The summed E-state index contributed by atoms with van der Waals surface area (Å²) in [6.45, 7) is 6.03. The molecule has 2 heterocycles. The third-order valence-electron chi connectivity index (χ3n) is 2.89. The summed E-state index contributed by atoms with van der Waals surface area (Å²) in [6.07, 6.45) is 5.42. The number of ketones is 1. The Morgan fingerprint density at radius 1 is 1.52 bits per heavy atom. The van der Waals surface area contributed by atoms with Crippen molar-refractivity contribution in [1.29, 1.82) is 0 Å². The van der Waals surface area contributed by atoms with Crippen molar-refractivity contribution in [2.75, 3.05) is 6.54 Å². The van der Waals surface area contributed by atoms with Crippen LogP contribution in [0, 0.1) is 6.92 Å². The van der Waals surface area contributed by atoms with E-state index in [0.717, 1.165) is 5.56 Å². The molecule has 0 aromatic carbocycles. The molecule has 0 bridgehead atoms. The molecule has 0 aliphatic heterocycles. The summed E-state index contributed by atoms with van der Waals surface area (Å²) in [6, 6.07) is 6.97. The molecule has 0 fully saturated rings. The highest BCUT2D eigenvalue weighted by atomic mass is 32.1. The Bertz CT molecular complexity index is 663. The summed E-state index contributed by atoms with van der Waals surface area (Å²) in [5, 5.41) is 2.26. The Morgan fingerprint density at radius 3 is 2.95 bits per heavy atom. The fourth-order valence-electron chi connectivity index (χ4n) is 1.95. The summed E-state index contributed by atoms with van der Waals surface area (Å²) >= 11 is 6.78. The zero-order valence-corrected chi connectivity index (χ0v) is 13.4. The van der Waals surface area contributed by atoms with E-state index in [4.69, 9.17) is 12.6 Å². The van der Waals surface area contributed by atoms with Crippen molar-refractivity contribution in [2.45, 2.75) is 13.0 Å². The summed E-state index contributed by atoms with van der Waals surface area (Å²) in [5.74, 6) is -0.0292. The molecule has 2 aromatic heterocycles. The van der Waals surface area contributed by atoms with Gasteiger partial charge in [-0.25, -0.2) is 0 Å². The molecule has 2 aromatic rings. The van der Waals surface area contributed by atoms with Gasteiger partial charge in [-0.15, -0.1) is 17.9 Å². The molecular weight excluding hydrogens is 300 g/mol. The van der Waals surface area contributed by atoms with Crippen molar-refractivity contribution in [1.82, 2.24) is 0 Å². The molecule has 0 spiro atoms. The van der Waals surface area contributed by atoms with Gasteiger partial charge < -0.3 is 17.6 Å². The Balaban J connectivity index is 2.44. The molecule has 0 amide bonds. The van der Waals surface area contributed by atoms with Crippen molar-refractivity contribution in [3.05, 3.63) is 65.1 Å². The number of rotatable bonds is 6. The number of hydrogen-bond acceptors (Lipinski definition) is 4. The minimum absolute atomic E-state index is 0.0292. The van der Waals surface area contributed by atoms with Crippen LogP contribution in [0.15, 0.2) is 59.7 Å². The third kappa shape index (κ3) is 3.83. The summed E-state index contributed by atoms with van der Waals surface area (Å²) in [5.41, 5.74) is 1.06. The molecule has 3 nitrogen and oxygen atoms in total. The molecule has 21 heavy (non-hydrogen) atoms.